The zero-order chi connectivity index (χ0) is 23.2. The number of aliphatic hydroxyl groups is 5. The minimum Gasteiger partial charge on any atom is -0.508 e. The second-order valence-electron chi connectivity index (χ2n) is 8.06. The number of Topliss-reactive ketones (excluding diaryl/α,β-unsaturated/α-hetero) is 1. The average molecular weight is 448 g/mol. The van der Waals surface area contributed by atoms with Crippen LogP contribution in [-0.2, 0) is 0 Å². The van der Waals surface area contributed by atoms with E-state index in [9.17, 15) is 40.5 Å². The van der Waals surface area contributed by atoms with E-state index in [2.05, 4.69) is 0 Å². The standard InChI is InChI=1S/C22H24O10/c23-8-10-5-15(18(27)20(29)17(10)26)31-12-6-13(25)16-14(7-12)32-22(21(30)19(16)28)9-1-3-11(24)4-2-9/h1-4,6-7,10,15,17-18,20-27,29-30H,5,8H2/t10?,15?,17-,18+,20?,21?,22?/m1/s1. The van der Waals surface area contributed by atoms with Crippen molar-refractivity contribution >= 4 is 5.78 Å². The Morgan fingerprint density at radius 1 is 0.969 bits per heavy atom. The maximum Gasteiger partial charge on any atom is 0.202 e. The van der Waals surface area contributed by atoms with Gasteiger partial charge in [0.15, 0.2) is 12.2 Å². The molecule has 7 N–H and O–H groups in total. The van der Waals surface area contributed by atoms with Crippen LogP contribution in [0.1, 0.15) is 28.4 Å². The molecule has 1 heterocycles. The van der Waals surface area contributed by atoms with E-state index < -0.39 is 60.7 Å². The number of ketones is 1. The van der Waals surface area contributed by atoms with Gasteiger partial charge in [0.05, 0.1) is 6.10 Å². The van der Waals surface area contributed by atoms with E-state index >= 15 is 0 Å². The molecule has 0 spiro atoms. The SMILES string of the molecule is O=C1c2c(O)cc(OC3CC(CO)[C@@H](O)C(O)[C@H]3O)cc2OC(c2ccc(O)cc2)C1O. The molecule has 5 unspecified atom stereocenters. The van der Waals surface area contributed by atoms with Crippen molar-refractivity contribution in [3.05, 3.63) is 47.5 Å². The van der Waals surface area contributed by atoms with Gasteiger partial charge >= 0.3 is 0 Å². The van der Waals surface area contributed by atoms with Gasteiger partial charge in [0.1, 0.15) is 46.9 Å². The van der Waals surface area contributed by atoms with Crippen molar-refractivity contribution in [1.29, 1.82) is 0 Å². The minimum absolute atomic E-state index is 0.00126. The summed E-state index contributed by atoms with van der Waals surface area (Å²) in [6.45, 7) is -0.427. The number of hydrogen-bond acceptors (Lipinski definition) is 10. The van der Waals surface area contributed by atoms with Gasteiger partial charge in [-0.1, -0.05) is 12.1 Å². The van der Waals surface area contributed by atoms with E-state index in [4.69, 9.17) is 9.47 Å². The van der Waals surface area contributed by atoms with Crippen LogP contribution in [0.2, 0.25) is 0 Å². The Balaban J connectivity index is 1.63. The Bertz CT molecular complexity index is 989. The fraction of sp³-hybridized carbons (Fsp3) is 0.409. The Kier molecular flexibility index (Phi) is 5.97. The first-order valence-electron chi connectivity index (χ1n) is 10.1. The quantitative estimate of drug-likeness (QED) is 0.326. The normalized spacial score (nSPS) is 32.2. The van der Waals surface area contributed by atoms with E-state index in [1.807, 2.05) is 0 Å². The van der Waals surface area contributed by atoms with Crippen molar-refractivity contribution in [2.24, 2.45) is 5.92 Å². The van der Waals surface area contributed by atoms with E-state index in [0.29, 0.717) is 5.56 Å². The first-order valence-corrected chi connectivity index (χ1v) is 10.1. The summed E-state index contributed by atoms with van der Waals surface area (Å²) in [7, 11) is 0. The molecule has 4 rings (SSSR count). The van der Waals surface area contributed by atoms with Gasteiger partial charge in [-0.05, 0) is 24.1 Å². The molecule has 172 valence electrons. The summed E-state index contributed by atoms with van der Waals surface area (Å²) in [4.78, 5) is 12.7. The molecule has 2 aromatic carbocycles. The first-order chi connectivity index (χ1) is 15.2. The van der Waals surface area contributed by atoms with Crippen molar-refractivity contribution in [3.8, 4) is 23.0 Å². The van der Waals surface area contributed by atoms with Crippen LogP contribution in [0.4, 0.5) is 0 Å². The Labute approximate surface area is 182 Å². The summed E-state index contributed by atoms with van der Waals surface area (Å²) in [5.41, 5.74) is 0.193. The average Bonchev–Trinajstić information content (AvgIpc) is 2.77. The number of aliphatic hydroxyl groups excluding tert-OH is 5. The van der Waals surface area contributed by atoms with E-state index in [1.165, 1.54) is 30.3 Å². The molecule has 1 saturated carbocycles. The zero-order valence-corrected chi connectivity index (χ0v) is 16.8. The summed E-state index contributed by atoms with van der Waals surface area (Å²) in [6.07, 6.45) is -7.99. The molecule has 0 amide bonds. The molecule has 0 radical (unpaired) electrons. The summed E-state index contributed by atoms with van der Waals surface area (Å²) in [6, 6.07) is 8.16. The number of fused-ring (bicyclic) bond motifs is 1. The Morgan fingerprint density at radius 2 is 1.66 bits per heavy atom. The number of benzene rings is 2. The van der Waals surface area contributed by atoms with Crippen LogP contribution in [0.3, 0.4) is 0 Å². The number of rotatable bonds is 4. The number of carbonyl (C=O) groups is 1. The monoisotopic (exact) mass is 448 g/mol. The van der Waals surface area contributed by atoms with Crippen molar-refractivity contribution in [2.45, 2.75) is 43.0 Å². The van der Waals surface area contributed by atoms with Gasteiger partial charge in [-0.25, -0.2) is 0 Å². The number of carbonyl (C=O) groups excluding carboxylic acids is 1. The van der Waals surface area contributed by atoms with Gasteiger partial charge in [0.25, 0.3) is 0 Å². The van der Waals surface area contributed by atoms with Crippen molar-refractivity contribution < 1.29 is 50.0 Å². The maximum absolute atomic E-state index is 12.7. The highest BCUT2D eigenvalue weighted by molar-refractivity contribution is 6.05. The Hall–Kier alpha value is -2.89. The molecule has 1 aliphatic carbocycles. The molecule has 7 atom stereocenters. The lowest BCUT2D eigenvalue weighted by atomic mass is 9.81. The van der Waals surface area contributed by atoms with Crippen LogP contribution in [0.15, 0.2) is 36.4 Å². The molecule has 0 aromatic heterocycles. The molecule has 10 nitrogen and oxygen atoms in total. The third-order valence-corrected chi connectivity index (χ3v) is 5.95. The number of ether oxygens (including phenoxy) is 2. The van der Waals surface area contributed by atoms with E-state index in [1.54, 1.807) is 0 Å². The highest BCUT2D eigenvalue weighted by Gasteiger charge is 2.44. The predicted octanol–water partition coefficient (Wildman–Crippen LogP) is -0.383. The molecule has 10 heteroatoms. The second kappa shape index (κ2) is 8.57. The molecule has 1 fully saturated rings. The fourth-order valence-electron chi connectivity index (χ4n) is 4.14. The molecule has 0 saturated heterocycles. The lowest BCUT2D eigenvalue weighted by Crippen LogP contribution is -2.56. The number of phenolic OH excluding ortho intramolecular Hbond substituents is 2. The largest absolute Gasteiger partial charge is 0.508 e. The summed E-state index contributed by atoms with van der Waals surface area (Å²) in [5.74, 6) is -2.03. The highest BCUT2D eigenvalue weighted by atomic mass is 16.5. The van der Waals surface area contributed by atoms with Crippen molar-refractivity contribution in [3.63, 3.8) is 0 Å². The highest BCUT2D eigenvalue weighted by Crippen LogP contribution is 2.43. The van der Waals surface area contributed by atoms with Crippen LogP contribution >= 0.6 is 0 Å². The minimum atomic E-state index is -1.59. The molecule has 32 heavy (non-hydrogen) atoms. The van der Waals surface area contributed by atoms with Gasteiger partial charge in [-0.15, -0.1) is 0 Å². The lowest BCUT2D eigenvalue weighted by molar-refractivity contribution is -0.157. The lowest BCUT2D eigenvalue weighted by Gasteiger charge is -2.39. The summed E-state index contributed by atoms with van der Waals surface area (Å²) < 4.78 is 11.5. The van der Waals surface area contributed by atoms with Gasteiger partial charge < -0.3 is 45.2 Å². The fourth-order valence-corrected chi connectivity index (χ4v) is 4.14. The number of hydrogen-bond donors (Lipinski definition) is 7. The van der Waals surface area contributed by atoms with Gasteiger partial charge in [-0.2, -0.15) is 0 Å². The van der Waals surface area contributed by atoms with Crippen molar-refractivity contribution in [2.75, 3.05) is 6.61 Å². The third kappa shape index (κ3) is 3.87. The van der Waals surface area contributed by atoms with Crippen LogP contribution in [0.5, 0.6) is 23.0 Å². The van der Waals surface area contributed by atoms with Crippen molar-refractivity contribution in [1.82, 2.24) is 0 Å². The topological polar surface area (TPSA) is 177 Å². The number of phenols is 2. The van der Waals surface area contributed by atoms with Gasteiger partial charge in [0.2, 0.25) is 5.78 Å². The van der Waals surface area contributed by atoms with Gasteiger partial charge in [0, 0.05) is 24.7 Å². The van der Waals surface area contributed by atoms with Crippen LogP contribution in [0, 0.1) is 5.92 Å². The molecule has 0 bridgehead atoms. The van der Waals surface area contributed by atoms with E-state index in [0.717, 1.165) is 6.07 Å². The summed E-state index contributed by atoms with van der Waals surface area (Å²) in [5, 5.41) is 69.9. The Morgan fingerprint density at radius 3 is 2.31 bits per heavy atom. The van der Waals surface area contributed by atoms with Crippen LogP contribution in [-0.4, -0.2) is 78.7 Å². The molecule has 2 aliphatic rings. The molecule has 2 aromatic rings. The maximum atomic E-state index is 12.7. The van der Waals surface area contributed by atoms with Crippen LogP contribution < -0.4 is 9.47 Å². The van der Waals surface area contributed by atoms with Crippen LogP contribution in [0.25, 0.3) is 0 Å². The summed E-state index contributed by atoms with van der Waals surface area (Å²) >= 11 is 0. The predicted molar refractivity (Wildman–Crippen MR) is 108 cm³/mol. The third-order valence-electron chi connectivity index (χ3n) is 5.95. The van der Waals surface area contributed by atoms with Gasteiger partial charge in [-0.3, -0.25) is 4.79 Å². The molecular weight excluding hydrogens is 424 g/mol. The van der Waals surface area contributed by atoms with E-state index in [-0.39, 0.29) is 29.2 Å². The number of aromatic hydroxyl groups is 2. The smallest absolute Gasteiger partial charge is 0.202 e. The molecular formula is C22H24O10. The zero-order valence-electron chi connectivity index (χ0n) is 16.8. The second-order valence-corrected chi connectivity index (χ2v) is 8.06. The first kappa shape index (κ1) is 22.3. The molecule has 1 aliphatic heterocycles.